The molecule has 0 atom stereocenters. The molecule has 0 saturated heterocycles. The topological polar surface area (TPSA) is 101 Å². The predicted molar refractivity (Wildman–Crippen MR) is 84.1 cm³/mol. The standard InChI is InChI=1S/C16H17N5O/c1-11-8-13(20-21-14(9-17)10-18)6-7-15(11)19-16(22)12-4-2-3-5-12/h6-8,12,20H,2-5H2,1H3,(H,19,22). The average molecular weight is 295 g/mol. The van der Waals surface area contributed by atoms with Crippen LogP contribution >= 0.6 is 0 Å². The van der Waals surface area contributed by atoms with Gasteiger partial charge in [0.05, 0.1) is 5.69 Å². The van der Waals surface area contributed by atoms with Crippen molar-refractivity contribution in [1.29, 1.82) is 10.5 Å². The van der Waals surface area contributed by atoms with Crippen molar-refractivity contribution in [3.05, 3.63) is 23.8 Å². The molecule has 1 aliphatic carbocycles. The normalized spacial score (nSPS) is 13.8. The molecule has 22 heavy (non-hydrogen) atoms. The molecule has 0 radical (unpaired) electrons. The van der Waals surface area contributed by atoms with Gasteiger partial charge in [-0.15, -0.1) is 0 Å². The third-order valence-corrected chi connectivity index (χ3v) is 3.72. The molecule has 6 heteroatoms. The number of carbonyl (C=O) groups excluding carboxylic acids is 1. The van der Waals surface area contributed by atoms with Gasteiger partial charge in [-0.25, -0.2) is 0 Å². The van der Waals surface area contributed by atoms with Crippen LogP contribution in [-0.2, 0) is 4.79 Å². The third-order valence-electron chi connectivity index (χ3n) is 3.72. The lowest BCUT2D eigenvalue weighted by atomic mass is 10.1. The number of amides is 1. The Balaban J connectivity index is 2.03. The van der Waals surface area contributed by atoms with Gasteiger partial charge in [-0.05, 0) is 43.5 Å². The summed E-state index contributed by atoms with van der Waals surface area (Å²) in [6.45, 7) is 1.88. The molecule has 1 fully saturated rings. The van der Waals surface area contributed by atoms with Crippen molar-refractivity contribution in [1.82, 2.24) is 0 Å². The van der Waals surface area contributed by atoms with E-state index in [1.807, 2.05) is 6.92 Å². The molecule has 0 aromatic heterocycles. The number of benzene rings is 1. The molecule has 1 aromatic carbocycles. The molecular formula is C16H17N5O. The Morgan fingerprint density at radius 1 is 1.27 bits per heavy atom. The summed E-state index contributed by atoms with van der Waals surface area (Å²) in [5.41, 5.74) is 4.73. The van der Waals surface area contributed by atoms with Crippen LogP contribution < -0.4 is 10.7 Å². The molecule has 112 valence electrons. The molecule has 1 saturated carbocycles. The maximum atomic E-state index is 12.1. The molecule has 1 amide bonds. The van der Waals surface area contributed by atoms with E-state index < -0.39 is 0 Å². The van der Waals surface area contributed by atoms with Crippen LogP contribution in [0.5, 0.6) is 0 Å². The van der Waals surface area contributed by atoms with Crippen molar-refractivity contribution in [2.24, 2.45) is 11.0 Å². The lowest BCUT2D eigenvalue weighted by Crippen LogP contribution is -2.20. The number of nitrogens with one attached hydrogen (secondary N) is 2. The minimum atomic E-state index is -0.240. The first kappa shape index (κ1) is 15.5. The first-order valence-electron chi connectivity index (χ1n) is 7.19. The quantitative estimate of drug-likeness (QED) is 0.658. The van der Waals surface area contributed by atoms with Crippen molar-refractivity contribution < 1.29 is 4.79 Å². The fraction of sp³-hybridized carbons (Fsp3) is 0.375. The van der Waals surface area contributed by atoms with E-state index in [1.54, 1.807) is 30.3 Å². The zero-order chi connectivity index (χ0) is 15.9. The lowest BCUT2D eigenvalue weighted by molar-refractivity contribution is -0.119. The second-order valence-electron chi connectivity index (χ2n) is 5.30. The first-order valence-corrected chi connectivity index (χ1v) is 7.19. The monoisotopic (exact) mass is 295 g/mol. The summed E-state index contributed by atoms with van der Waals surface area (Å²) in [6, 6.07) is 8.69. The van der Waals surface area contributed by atoms with Crippen LogP contribution in [0.15, 0.2) is 23.3 Å². The summed E-state index contributed by atoms with van der Waals surface area (Å²) in [5, 5.41) is 23.9. The number of rotatable bonds is 4. The number of hydrazone groups is 1. The fourth-order valence-electron chi connectivity index (χ4n) is 2.49. The summed E-state index contributed by atoms with van der Waals surface area (Å²) in [6.07, 6.45) is 4.17. The van der Waals surface area contributed by atoms with Crippen LogP contribution in [0.2, 0.25) is 0 Å². The zero-order valence-corrected chi connectivity index (χ0v) is 12.4. The molecule has 1 aromatic rings. The van der Waals surface area contributed by atoms with Crippen LogP contribution in [0, 0.1) is 35.5 Å². The minimum absolute atomic E-state index is 0.0792. The van der Waals surface area contributed by atoms with Crippen molar-refractivity contribution in [3.63, 3.8) is 0 Å². The molecular weight excluding hydrogens is 278 g/mol. The number of nitriles is 2. The maximum Gasteiger partial charge on any atom is 0.237 e. The van der Waals surface area contributed by atoms with Gasteiger partial charge < -0.3 is 5.32 Å². The summed E-state index contributed by atoms with van der Waals surface area (Å²) in [5.74, 6) is 0.200. The van der Waals surface area contributed by atoms with Crippen LogP contribution in [0.1, 0.15) is 31.2 Å². The smallest absolute Gasteiger partial charge is 0.237 e. The Morgan fingerprint density at radius 3 is 2.55 bits per heavy atom. The Morgan fingerprint density at radius 2 is 1.95 bits per heavy atom. The van der Waals surface area contributed by atoms with Gasteiger partial charge in [0.25, 0.3) is 0 Å². The highest BCUT2D eigenvalue weighted by Gasteiger charge is 2.22. The number of nitrogens with zero attached hydrogens (tertiary/aromatic N) is 3. The fourth-order valence-corrected chi connectivity index (χ4v) is 2.49. The van der Waals surface area contributed by atoms with Crippen molar-refractivity contribution >= 4 is 23.0 Å². The summed E-state index contributed by atoms with van der Waals surface area (Å²) >= 11 is 0. The highest BCUT2D eigenvalue weighted by Crippen LogP contribution is 2.27. The van der Waals surface area contributed by atoms with Crippen LogP contribution in [0.4, 0.5) is 11.4 Å². The summed E-state index contributed by atoms with van der Waals surface area (Å²) in [7, 11) is 0. The number of hydrogen-bond acceptors (Lipinski definition) is 5. The molecule has 6 nitrogen and oxygen atoms in total. The van der Waals surface area contributed by atoms with Crippen molar-refractivity contribution in [3.8, 4) is 12.1 Å². The van der Waals surface area contributed by atoms with Gasteiger partial charge in [0.2, 0.25) is 11.6 Å². The first-order chi connectivity index (χ1) is 10.6. The van der Waals surface area contributed by atoms with Crippen LogP contribution in [-0.4, -0.2) is 11.6 Å². The Kier molecular flexibility index (Phi) is 5.11. The molecule has 2 rings (SSSR count). The molecule has 0 heterocycles. The molecule has 0 spiro atoms. The van der Waals surface area contributed by atoms with Crippen LogP contribution in [0.3, 0.4) is 0 Å². The van der Waals surface area contributed by atoms with E-state index in [2.05, 4.69) is 15.8 Å². The average Bonchev–Trinajstić information content (AvgIpc) is 3.05. The van der Waals surface area contributed by atoms with E-state index in [0.29, 0.717) is 5.69 Å². The summed E-state index contributed by atoms with van der Waals surface area (Å²) < 4.78 is 0. The second-order valence-corrected chi connectivity index (χ2v) is 5.30. The Bertz CT molecular complexity index is 659. The summed E-state index contributed by atoms with van der Waals surface area (Å²) in [4.78, 5) is 12.1. The highest BCUT2D eigenvalue weighted by molar-refractivity contribution is 6.10. The van der Waals surface area contributed by atoms with Gasteiger partial charge >= 0.3 is 0 Å². The number of hydrogen-bond donors (Lipinski definition) is 2. The number of carbonyl (C=O) groups is 1. The van der Waals surface area contributed by atoms with E-state index in [-0.39, 0.29) is 17.5 Å². The molecule has 2 N–H and O–H groups in total. The van der Waals surface area contributed by atoms with Gasteiger partial charge in [0.1, 0.15) is 12.1 Å². The zero-order valence-electron chi connectivity index (χ0n) is 12.4. The lowest BCUT2D eigenvalue weighted by Gasteiger charge is -2.13. The molecule has 0 unspecified atom stereocenters. The van der Waals surface area contributed by atoms with E-state index in [4.69, 9.17) is 10.5 Å². The highest BCUT2D eigenvalue weighted by atomic mass is 16.1. The van der Waals surface area contributed by atoms with E-state index in [0.717, 1.165) is 36.9 Å². The predicted octanol–water partition coefficient (Wildman–Crippen LogP) is 2.94. The maximum absolute atomic E-state index is 12.1. The van der Waals surface area contributed by atoms with E-state index in [9.17, 15) is 4.79 Å². The van der Waals surface area contributed by atoms with Crippen LogP contribution in [0.25, 0.3) is 0 Å². The largest absolute Gasteiger partial charge is 0.326 e. The van der Waals surface area contributed by atoms with Gasteiger partial charge in [-0.1, -0.05) is 12.8 Å². The van der Waals surface area contributed by atoms with E-state index >= 15 is 0 Å². The Hall–Kier alpha value is -2.86. The molecule has 0 bridgehead atoms. The van der Waals surface area contributed by atoms with Gasteiger partial charge in [0.15, 0.2) is 0 Å². The second kappa shape index (κ2) is 7.24. The minimum Gasteiger partial charge on any atom is -0.326 e. The molecule has 0 aliphatic heterocycles. The van der Waals surface area contributed by atoms with Crippen molar-refractivity contribution in [2.75, 3.05) is 10.7 Å². The number of aryl methyl sites for hydroxylation is 1. The Labute approximate surface area is 129 Å². The molecule has 1 aliphatic rings. The third kappa shape index (κ3) is 3.83. The van der Waals surface area contributed by atoms with Gasteiger partial charge in [0, 0.05) is 11.6 Å². The number of anilines is 2. The van der Waals surface area contributed by atoms with Crippen molar-refractivity contribution in [2.45, 2.75) is 32.6 Å². The van der Waals surface area contributed by atoms with Gasteiger partial charge in [-0.2, -0.15) is 15.6 Å². The SMILES string of the molecule is Cc1cc(NN=C(C#N)C#N)ccc1NC(=O)C1CCCC1. The van der Waals surface area contributed by atoms with E-state index in [1.165, 1.54) is 0 Å². The van der Waals surface area contributed by atoms with Gasteiger partial charge in [-0.3, -0.25) is 10.2 Å².